The summed E-state index contributed by atoms with van der Waals surface area (Å²) < 4.78 is 25.8. The van der Waals surface area contributed by atoms with E-state index in [1.165, 1.54) is 11.1 Å². The first-order valence-electron chi connectivity index (χ1n) is 10.1. The first kappa shape index (κ1) is 19.5. The quantitative estimate of drug-likeness (QED) is 0.723. The fraction of sp³-hybridized carbons (Fsp3) is 0.714. The first-order valence-corrected chi connectivity index (χ1v) is 10.1. The molecule has 0 saturated carbocycles. The Labute approximate surface area is 164 Å². The van der Waals surface area contributed by atoms with Crippen molar-refractivity contribution in [2.24, 2.45) is 0 Å². The second-order valence-electron chi connectivity index (χ2n) is 10.3. The van der Waals surface area contributed by atoms with Gasteiger partial charge in [0, 0.05) is 11.6 Å². The van der Waals surface area contributed by atoms with Crippen molar-refractivity contribution < 1.29 is 18.6 Å². The highest BCUT2D eigenvalue weighted by Gasteiger charge is 2.62. The molecule has 0 bridgehead atoms. The lowest BCUT2D eigenvalue weighted by Crippen LogP contribution is -2.41. The van der Waals surface area contributed by atoms with Crippen LogP contribution in [0.25, 0.3) is 0 Å². The van der Waals surface area contributed by atoms with Crippen LogP contribution in [-0.4, -0.2) is 36.6 Å². The van der Waals surface area contributed by atoms with Crippen LogP contribution in [0.5, 0.6) is 0 Å². The van der Waals surface area contributed by atoms with E-state index >= 15 is 0 Å². The van der Waals surface area contributed by atoms with E-state index in [0.29, 0.717) is 0 Å². The molecule has 6 heteroatoms. The maximum atomic E-state index is 6.47. The zero-order valence-electron chi connectivity index (χ0n) is 18.0. The average molecular weight is 370 g/mol. The molecule has 1 aliphatic carbocycles. The molecular weight excluding hydrogens is 338 g/mol. The van der Waals surface area contributed by atoms with Gasteiger partial charge in [0.05, 0.1) is 22.4 Å². The van der Waals surface area contributed by atoms with Crippen molar-refractivity contribution in [3.8, 4) is 0 Å². The molecule has 0 aromatic heterocycles. The van der Waals surface area contributed by atoms with Gasteiger partial charge in [-0.2, -0.15) is 0 Å². The summed E-state index contributed by atoms with van der Waals surface area (Å²) in [5, 5.41) is 0. The molecule has 4 nitrogen and oxygen atoms in total. The van der Waals surface area contributed by atoms with Crippen molar-refractivity contribution in [3.63, 3.8) is 0 Å². The van der Waals surface area contributed by atoms with Crippen LogP contribution in [-0.2, 0) is 25.0 Å². The first-order chi connectivity index (χ1) is 12.3. The SMILES string of the molecule is CC1(C)OB([C@H]2Cc3ccccc3[C@H]2B2OC(C)(C)C(C)(C)O2)OC1(C)C. The minimum atomic E-state index is -0.352. The number of benzene rings is 1. The van der Waals surface area contributed by atoms with Crippen molar-refractivity contribution in [1.29, 1.82) is 0 Å². The minimum Gasteiger partial charge on any atom is -0.403 e. The van der Waals surface area contributed by atoms with Gasteiger partial charge in [-0.1, -0.05) is 24.3 Å². The van der Waals surface area contributed by atoms with Crippen LogP contribution in [0.15, 0.2) is 24.3 Å². The summed E-state index contributed by atoms with van der Waals surface area (Å²) in [6.45, 7) is 16.9. The Kier molecular flexibility index (Phi) is 4.23. The second-order valence-corrected chi connectivity index (χ2v) is 10.3. The third kappa shape index (κ3) is 2.91. The molecule has 3 aliphatic rings. The molecular formula is C21H32B2O4. The summed E-state index contributed by atoms with van der Waals surface area (Å²) in [5.41, 5.74) is 1.26. The molecule has 0 unspecified atom stereocenters. The topological polar surface area (TPSA) is 36.9 Å². The maximum absolute atomic E-state index is 6.47. The Hall–Kier alpha value is -0.810. The van der Waals surface area contributed by atoms with Gasteiger partial charge in [0.25, 0.3) is 0 Å². The third-order valence-corrected chi connectivity index (χ3v) is 7.52. The van der Waals surface area contributed by atoms with Crippen molar-refractivity contribution in [2.45, 2.75) is 95.8 Å². The molecule has 1 aromatic carbocycles. The van der Waals surface area contributed by atoms with E-state index in [0.717, 1.165) is 6.42 Å². The summed E-state index contributed by atoms with van der Waals surface area (Å²) >= 11 is 0. The van der Waals surface area contributed by atoms with E-state index in [1.807, 2.05) is 0 Å². The Morgan fingerprint density at radius 2 is 1.15 bits per heavy atom. The molecule has 27 heavy (non-hydrogen) atoms. The van der Waals surface area contributed by atoms with Gasteiger partial charge < -0.3 is 18.6 Å². The highest BCUT2D eigenvalue weighted by atomic mass is 16.7. The lowest BCUT2D eigenvalue weighted by molar-refractivity contribution is 0.00578. The van der Waals surface area contributed by atoms with E-state index < -0.39 is 0 Å². The van der Waals surface area contributed by atoms with Gasteiger partial charge in [0.1, 0.15) is 0 Å². The van der Waals surface area contributed by atoms with Gasteiger partial charge in [-0.3, -0.25) is 0 Å². The lowest BCUT2D eigenvalue weighted by atomic mass is 9.53. The molecule has 0 amide bonds. The zero-order valence-corrected chi connectivity index (χ0v) is 18.0. The number of hydrogen-bond acceptors (Lipinski definition) is 4. The van der Waals surface area contributed by atoms with Gasteiger partial charge in [-0.05, 0) is 72.9 Å². The number of hydrogen-bond donors (Lipinski definition) is 0. The van der Waals surface area contributed by atoms with Crippen LogP contribution in [0.1, 0.15) is 72.3 Å². The van der Waals surface area contributed by atoms with Crippen LogP contribution < -0.4 is 0 Å². The molecule has 0 radical (unpaired) electrons. The zero-order chi connectivity index (χ0) is 19.8. The molecule has 2 atom stereocenters. The second kappa shape index (κ2) is 5.85. The van der Waals surface area contributed by atoms with Crippen molar-refractivity contribution >= 4 is 14.2 Å². The van der Waals surface area contributed by atoms with E-state index in [1.54, 1.807) is 0 Å². The summed E-state index contributed by atoms with van der Waals surface area (Å²) in [6, 6.07) is 8.62. The van der Waals surface area contributed by atoms with Crippen molar-refractivity contribution in [1.82, 2.24) is 0 Å². The molecule has 4 rings (SSSR count). The van der Waals surface area contributed by atoms with Gasteiger partial charge in [0.15, 0.2) is 0 Å². The number of rotatable bonds is 2. The fourth-order valence-corrected chi connectivity index (χ4v) is 4.37. The predicted octanol–water partition coefficient (Wildman–Crippen LogP) is 4.42. The monoisotopic (exact) mass is 370 g/mol. The Morgan fingerprint density at radius 3 is 1.67 bits per heavy atom. The molecule has 2 aliphatic heterocycles. The van der Waals surface area contributed by atoms with Crippen LogP contribution in [0.4, 0.5) is 0 Å². The highest BCUT2D eigenvalue weighted by molar-refractivity contribution is 6.55. The van der Waals surface area contributed by atoms with Gasteiger partial charge in [-0.15, -0.1) is 0 Å². The standard InChI is InChI=1S/C21H32B2O4/c1-18(2)19(3,4)25-22(24-18)16-13-14-11-9-10-12-15(14)17(16)23-26-20(5,6)21(7,8)27-23/h9-12,16-17H,13H2,1-8H3/t16-,17+/m0/s1. The van der Waals surface area contributed by atoms with Crippen molar-refractivity contribution in [3.05, 3.63) is 35.4 Å². The Balaban J connectivity index is 1.69. The molecule has 2 saturated heterocycles. The molecule has 0 spiro atoms. The normalized spacial score (nSPS) is 32.7. The highest BCUT2D eigenvalue weighted by Crippen LogP contribution is 2.53. The average Bonchev–Trinajstić information content (AvgIpc) is 3.07. The van der Waals surface area contributed by atoms with Crippen LogP contribution in [0, 0.1) is 0 Å². The largest absolute Gasteiger partial charge is 0.465 e. The minimum absolute atomic E-state index is 0.0944. The predicted molar refractivity (Wildman–Crippen MR) is 109 cm³/mol. The van der Waals surface area contributed by atoms with Crippen LogP contribution >= 0.6 is 0 Å². The van der Waals surface area contributed by atoms with E-state index in [2.05, 4.69) is 79.7 Å². The summed E-state index contributed by atoms with van der Waals surface area (Å²) in [7, 11) is -0.575. The van der Waals surface area contributed by atoms with Crippen molar-refractivity contribution in [2.75, 3.05) is 0 Å². The van der Waals surface area contributed by atoms with Crippen LogP contribution in [0.2, 0.25) is 5.82 Å². The van der Waals surface area contributed by atoms with Gasteiger partial charge >= 0.3 is 14.2 Å². The van der Waals surface area contributed by atoms with Gasteiger partial charge in [0.2, 0.25) is 0 Å². The fourth-order valence-electron chi connectivity index (χ4n) is 4.37. The smallest absolute Gasteiger partial charge is 0.403 e. The molecule has 2 fully saturated rings. The summed E-state index contributed by atoms with van der Waals surface area (Å²) in [5.74, 6) is 0.259. The van der Waals surface area contributed by atoms with E-state index in [4.69, 9.17) is 18.6 Å². The molecule has 2 heterocycles. The van der Waals surface area contributed by atoms with Crippen LogP contribution in [0.3, 0.4) is 0 Å². The Morgan fingerprint density at radius 1 is 0.704 bits per heavy atom. The number of fused-ring (bicyclic) bond motifs is 1. The third-order valence-electron chi connectivity index (χ3n) is 7.52. The van der Waals surface area contributed by atoms with Gasteiger partial charge in [-0.25, -0.2) is 0 Å². The lowest BCUT2D eigenvalue weighted by Gasteiger charge is -2.32. The molecule has 146 valence electrons. The molecule has 0 N–H and O–H groups in total. The Bertz CT molecular complexity index is 711. The molecule has 1 aromatic rings. The van der Waals surface area contributed by atoms with E-state index in [-0.39, 0.29) is 48.3 Å². The maximum Gasteiger partial charge on any atom is 0.465 e. The summed E-state index contributed by atoms with van der Waals surface area (Å²) in [4.78, 5) is 0. The van der Waals surface area contributed by atoms with E-state index in [9.17, 15) is 0 Å². The summed E-state index contributed by atoms with van der Waals surface area (Å²) in [6.07, 6.45) is 0.918.